The first-order valence-electron chi connectivity index (χ1n) is 22.7. The molecule has 1 unspecified atom stereocenters. The highest BCUT2D eigenvalue weighted by atomic mass is 32.2. The number of anilines is 3. The predicted octanol–water partition coefficient (Wildman–Crippen LogP) is 16.5. The maximum atomic E-state index is 2.46. The minimum Gasteiger partial charge on any atom is -0.310 e. The summed E-state index contributed by atoms with van der Waals surface area (Å²) in [4.78, 5) is 5.01. The molecule has 1 spiro atoms. The highest BCUT2D eigenvalue weighted by Crippen LogP contribution is 2.62. The number of nitrogens with zero attached hydrogens (tertiary/aromatic N) is 2. The molecule has 65 heavy (non-hydrogen) atoms. The van der Waals surface area contributed by atoms with Crippen molar-refractivity contribution < 1.29 is 0 Å². The summed E-state index contributed by atoms with van der Waals surface area (Å²) in [6, 6.07) is 82.0. The number of benzene rings is 10. The molecule has 1 atom stereocenters. The highest BCUT2D eigenvalue weighted by Gasteiger charge is 2.48. The van der Waals surface area contributed by atoms with Crippen LogP contribution >= 0.6 is 11.8 Å². The van der Waals surface area contributed by atoms with Crippen LogP contribution in [0.4, 0.5) is 17.1 Å². The SMILES string of the molecule is CC1(C)c2ccccc2-c2cc(-n3c4ccccc4c4cc(N(c5ccccc5)c5ccc6c(c5)Sc5ccccc5C65c6ccccc6-c6cccc7cccc5c67)ccc43)ccc21. The lowest BCUT2D eigenvalue weighted by Gasteiger charge is -2.46. The standard InChI is InChI=1S/C62H42N2S/c1-61(2)50-24-9-6-21-45(50)48-36-42(30-33-51(48)61)64-56-28-12-8-22-46(56)49-37-41(32-35-57(49)64)63(40-18-4-3-5-19-40)43-31-34-54-59(38-43)65-58-29-13-11-26-53(58)62(54)52-25-10-7-20-44(52)47-23-14-16-39-17-15-27-55(62)60(39)47/h3-38H,1-2H3. The van der Waals surface area contributed by atoms with Gasteiger partial charge in [-0.15, -0.1) is 0 Å². The molecule has 0 radical (unpaired) electrons. The van der Waals surface area contributed by atoms with E-state index >= 15 is 0 Å². The molecule has 2 heterocycles. The second kappa shape index (κ2) is 13.5. The van der Waals surface area contributed by atoms with Gasteiger partial charge in [-0.2, -0.15) is 0 Å². The van der Waals surface area contributed by atoms with E-state index in [0.717, 1.165) is 17.1 Å². The van der Waals surface area contributed by atoms with Crippen molar-refractivity contribution in [3.05, 3.63) is 252 Å². The average Bonchev–Trinajstić information content (AvgIpc) is 3.80. The molecule has 2 aliphatic carbocycles. The van der Waals surface area contributed by atoms with Gasteiger partial charge in [0.05, 0.1) is 16.4 Å². The van der Waals surface area contributed by atoms with Gasteiger partial charge in [-0.25, -0.2) is 0 Å². The van der Waals surface area contributed by atoms with Crippen LogP contribution in [0.2, 0.25) is 0 Å². The summed E-state index contributed by atoms with van der Waals surface area (Å²) in [5, 5.41) is 5.09. The van der Waals surface area contributed by atoms with Crippen molar-refractivity contribution in [2.45, 2.75) is 34.5 Å². The molecule has 3 aliphatic rings. The van der Waals surface area contributed by atoms with Crippen molar-refractivity contribution in [2.24, 2.45) is 0 Å². The molecular formula is C62H42N2S. The fraction of sp³-hybridized carbons (Fsp3) is 0.0645. The van der Waals surface area contributed by atoms with Crippen molar-refractivity contribution in [3.8, 4) is 27.9 Å². The van der Waals surface area contributed by atoms with Crippen molar-refractivity contribution in [1.82, 2.24) is 4.57 Å². The lowest BCUT2D eigenvalue weighted by molar-refractivity contribution is 0.660. The van der Waals surface area contributed by atoms with Crippen molar-refractivity contribution in [1.29, 1.82) is 0 Å². The monoisotopic (exact) mass is 846 g/mol. The van der Waals surface area contributed by atoms with Crippen LogP contribution < -0.4 is 4.90 Å². The molecule has 1 aliphatic heterocycles. The molecule has 0 N–H and O–H groups in total. The van der Waals surface area contributed by atoms with Crippen molar-refractivity contribution >= 4 is 61.4 Å². The molecule has 10 aromatic carbocycles. The van der Waals surface area contributed by atoms with Gasteiger partial charge in [-0.3, -0.25) is 0 Å². The zero-order chi connectivity index (χ0) is 43.0. The minimum absolute atomic E-state index is 0.0411. The van der Waals surface area contributed by atoms with E-state index in [-0.39, 0.29) is 5.41 Å². The summed E-state index contributed by atoms with van der Waals surface area (Å²) in [5.74, 6) is 0. The van der Waals surface area contributed by atoms with Crippen LogP contribution in [0.3, 0.4) is 0 Å². The van der Waals surface area contributed by atoms with E-state index in [1.54, 1.807) is 0 Å². The molecule has 1 aromatic heterocycles. The zero-order valence-electron chi connectivity index (χ0n) is 36.1. The first-order valence-corrected chi connectivity index (χ1v) is 23.5. The van der Waals surface area contributed by atoms with Crippen molar-refractivity contribution in [2.75, 3.05) is 4.90 Å². The first-order chi connectivity index (χ1) is 32.0. The zero-order valence-corrected chi connectivity index (χ0v) is 36.9. The summed E-state index contributed by atoms with van der Waals surface area (Å²) in [7, 11) is 0. The van der Waals surface area contributed by atoms with E-state index in [0.29, 0.717) is 0 Å². The van der Waals surface area contributed by atoms with E-state index in [1.165, 1.54) is 104 Å². The highest BCUT2D eigenvalue weighted by molar-refractivity contribution is 7.99. The molecule has 14 rings (SSSR count). The van der Waals surface area contributed by atoms with Crippen LogP contribution in [0.15, 0.2) is 228 Å². The fourth-order valence-electron chi connectivity index (χ4n) is 12.1. The Morgan fingerprint density at radius 2 is 0.985 bits per heavy atom. The molecule has 0 bridgehead atoms. The fourth-order valence-corrected chi connectivity index (χ4v) is 13.3. The van der Waals surface area contributed by atoms with Gasteiger partial charge >= 0.3 is 0 Å². The maximum absolute atomic E-state index is 2.46. The quantitative estimate of drug-likeness (QED) is 0.174. The number of fused-ring (bicyclic) bond motifs is 14. The largest absolute Gasteiger partial charge is 0.310 e. The van der Waals surface area contributed by atoms with Crippen LogP contribution in [0, 0.1) is 0 Å². The van der Waals surface area contributed by atoms with Crippen LogP contribution in [0.1, 0.15) is 47.2 Å². The minimum atomic E-state index is -0.492. The molecule has 0 saturated carbocycles. The third-order valence-corrected chi connectivity index (χ3v) is 16.0. The summed E-state index contributed by atoms with van der Waals surface area (Å²) in [6.07, 6.45) is 0. The molecule has 11 aromatic rings. The van der Waals surface area contributed by atoms with Gasteiger partial charge in [0.1, 0.15) is 0 Å². The summed E-state index contributed by atoms with van der Waals surface area (Å²) >= 11 is 1.90. The molecule has 0 amide bonds. The Morgan fingerprint density at radius 1 is 0.385 bits per heavy atom. The van der Waals surface area contributed by atoms with Gasteiger partial charge < -0.3 is 9.47 Å². The Morgan fingerprint density at radius 3 is 1.85 bits per heavy atom. The van der Waals surface area contributed by atoms with E-state index in [2.05, 4.69) is 242 Å². The number of rotatable bonds is 4. The number of hydrogen-bond acceptors (Lipinski definition) is 2. The molecule has 306 valence electrons. The Balaban J connectivity index is 0.971. The molecule has 0 saturated heterocycles. The smallest absolute Gasteiger partial charge is 0.0735 e. The van der Waals surface area contributed by atoms with Gasteiger partial charge in [0, 0.05) is 48.7 Å². The summed E-state index contributed by atoms with van der Waals surface area (Å²) in [5.41, 5.74) is 19.8. The second-order valence-electron chi connectivity index (χ2n) is 18.4. The van der Waals surface area contributed by atoms with Gasteiger partial charge in [-0.1, -0.05) is 177 Å². The summed E-state index contributed by atoms with van der Waals surface area (Å²) < 4.78 is 2.46. The van der Waals surface area contributed by atoms with Crippen LogP contribution in [0.5, 0.6) is 0 Å². The van der Waals surface area contributed by atoms with Crippen molar-refractivity contribution in [3.63, 3.8) is 0 Å². The molecule has 2 nitrogen and oxygen atoms in total. The van der Waals surface area contributed by atoms with Gasteiger partial charge in [0.2, 0.25) is 0 Å². The van der Waals surface area contributed by atoms with Gasteiger partial charge in [-0.05, 0) is 133 Å². The van der Waals surface area contributed by atoms with Gasteiger partial charge in [0.15, 0.2) is 0 Å². The predicted molar refractivity (Wildman–Crippen MR) is 272 cm³/mol. The number of aromatic nitrogens is 1. The first kappa shape index (κ1) is 36.8. The Kier molecular flexibility index (Phi) is 7.63. The second-order valence-corrected chi connectivity index (χ2v) is 19.5. The Labute approximate surface area is 383 Å². The average molecular weight is 847 g/mol. The van der Waals surface area contributed by atoms with Gasteiger partial charge in [0.25, 0.3) is 0 Å². The molecule has 3 heteroatoms. The van der Waals surface area contributed by atoms with Crippen LogP contribution in [0.25, 0.3) is 60.5 Å². The van der Waals surface area contributed by atoms with E-state index < -0.39 is 5.41 Å². The Bertz CT molecular complexity index is 3800. The molecule has 0 fully saturated rings. The van der Waals surface area contributed by atoms with Crippen LogP contribution in [-0.2, 0) is 10.8 Å². The maximum Gasteiger partial charge on any atom is 0.0735 e. The third-order valence-electron chi connectivity index (χ3n) is 14.8. The number of hydrogen-bond donors (Lipinski definition) is 0. The summed E-state index contributed by atoms with van der Waals surface area (Å²) in [6.45, 7) is 4.70. The van der Waals surface area contributed by atoms with E-state index in [4.69, 9.17) is 0 Å². The molecular weight excluding hydrogens is 805 g/mol. The third kappa shape index (κ3) is 4.96. The topological polar surface area (TPSA) is 8.17 Å². The van der Waals surface area contributed by atoms with E-state index in [9.17, 15) is 0 Å². The number of para-hydroxylation sites is 2. The normalized spacial score (nSPS) is 16.0. The Hall–Kier alpha value is -7.59. The van der Waals surface area contributed by atoms with Crippen LogP contribution in [-0.4, -0.2) is 4.57 Å². The lowest BCUT2D eigenvalue weighted by atomic mass is 9.59. The lowest BCUT2D eigenvalue weighted by Crippen LogP contribution is -2.36. The van der Waals surface area contributed by atoms with E-state index in [1.807, 2.05) is 11.8 Å².